The van der Waals surface area contributed by atoms with Gasteiger partial charge in [-0.2, -0.15) is 0 Å². The van der Waals surface area contributed by atoms with E-state index >= 15 is 0 Å². The van der Waals surface area contributed by atoms with Crippen molar-refractivity contribution in [2.75, 3.05) is 18.4 Å². The highest BCUT2D eigenvalue weighted by molar-refractivity contribution is 6.03. The summed E-state index contributed by atoms with van der Waals surface area (Å²) in [5.74, 6) is 1.01. The molecule has 2 amide bonds. The Hall–Kier alpha value is -1.85. The second kappa shape index (κ2) is 5.86. The van der Waals surface area contributed by atoms with Crippen LogP contribution in [0.15, 0.2) is 10.6 Å². The maximum Gasteiger partial charge on any atom is 0.235 e. The average Bonchev–Trinajstić information content (AvgIpc) is 2.74. The predicted molar refractivity (Wildman–Crippen MR) is 69.5 cm³/mol. The van der Waals surface area contributed by atoms with Crippen LogP contribution in [0.1, 0.15) is 31.9 Å². The molecule has 2 heterocycles. The molecule has 6 nitrogen and oxygen atoms in total. The number of aromatic nitrogens is 1. The van der Waals surface area contributed by atoms with Crippen molar-refractivity contribution in [3.05, 3.63) is 11.8 Å². The molecule has 0 radical (unpaired) electrons. The van der Waals surface area contributed by atoms with Crippen molar-refractivity contribution in [1.82, 2.24) is 10.1 Å². The van der Waals surface area contributed by atoms with Crippen LogP contribution in [0.4, 0.5) is 5.82 Å². The lowest BCUT2D eigenvalue weighted by Gasteiger charge is -2.30. The van der Waals surface area contributed by atoms with Crippen LogP contribution < -0.4 is 5.32 Å². The van der Waals surface area contributed by atoms with Crippen molar-refractivity contribution >= 4 is 17.6 Å². The highest BCUT2D eigenvalue weighted by Crippen LogP contribution is 2.16. The molecule has 1 N–H and O–H groups in total. The molecule has 0 bridgehead atoms. The van der Waals surface area contributed by atoms with E-state index in [-0.39, 0.29) is 18.2 Å². The van der Waals surface area contributed by atoms with E-state index in [9.17, 15) is 9.59 Å². The molecule has 1 aromatic heterocycles. The summed E-state index contributed by atoms with van der Waals surface area (Å²) in [5, 5.41) is 6.21. The smallest absolute Gasteiger partial charge is 0.235 e. The molecule has 0 saturated carbocycles. The molecule has 1 aliphatic heterocycles. The molecule has 1 aromatic rings. The number of hydrogen-bond donors (Lipinski definition) is 1. The highest BCUT2D eigenvalue weighted by Gasteiger charge is 2.22. The van der Waals surface area contributed by atoms with Crippen molar-refractivity contribution in [1.29, 1.82) is 0 Å². The van der Waals surface area contributed by atoms with Crippen LogP contribution in [0.5, 0.6) is 0 Å². The molecular weight excluding hydrogens is 246 g/mol. The van der Waals surface area contributed by atoms with Gasteiger partial charge in [0.05, 0.1) is 0 Å². The maximum atomic E-state index is 12.0. The van der Waals surface area contributed by atoms with E-state index in [1.165, 1.54) is 0 Å². The average molecular weight is 265 g/mol. The number of piperidine rings is 1. The van der Waals surface area contributed by atoms with Gasteiger partial charge in [-0.05, 0) is 25.7 Å². The number of amides is 2. The molecule has 1 aliphatic rings. The predicted octanol–water partition coefficient (Wildman–Crippen LogP) is 1.57. The zero-order valence-electron chi connectivity index (χ0n) is 11.3. The second-order valence-electron chi connectivity index (χ2n) is 5.13. The molecular formula is C13H19N3O3. The van der Waals surface area contributed by atoms with Gasteiger partial charge in [0.15, 0.2) is 5.82 Å². The highest BCUT2D eigenvalue weighted by atomic mass is 16.5. The number of carbonyl (C=O) groups excluding carboxylic acids is 2. The number of carbonyl (C=O) groups is 2. The van der Waals surface area contributed by atoms with Crippen LogP contribution in [-0.4, -0.2) is 35.0 Å². The Morgan fingerprint density at radius 2 is 2.37 bits per heavy atom. The van der Waals surface area contributed by atoms with Gasteiger partial charge in [-0.25, -0.2) is 0 Å². The number of anilines is 1. The Labute approximate surface area is 112 Å². The molecule has 1 unspecified atom stereocenters. The summed E-state index contributed by atoms with van der Waals surface area (Å²) in [6.07, 6.45) is 2.02. The van der Waals surface area contributed by atoms with Crippen molar-refractivity contribution < 1.29 is 14.1 Å². The summed E-state index contributed by atoms with van der Waals surface area (Å²) >= 11 is 0. The van der Waals surface area contributed by atoms with Crippen LogP contribution in [0, 0.1) is 12.8 Å². The minimum atomic E-state index is -0.350. The zero-order chi connectivity index (χ0) is 13.8. The van der Waals surface area contributed by atoms with Gasteiger partial charge in [0.1, 0.15) is 12.2 Å². The van der Waals surface area contributed by atoms with E-state index in [0.717, 1.165) is 25.9 Å². The van der Waals surface area contributed by atoms with Crippen LogP contribution >= 0.6 is 0 Å². The minimum Gasteiger partial charge on any atom is -0.360 e. The van der Waals surface area contributed by atoms with E-state index < -0.39 is 0 Å². The van der Waals surface area contributed by atoms with Gasteiger partial charge in [0.2, 0.25) is 11.8 Å². The Bertz CT molecular complexity index is 469. The summed E-state index contributed by atoms with van der Waals surface area (Å²) in [6, 6.07) is 1.62. The maximum absolute atomic E-state index is 12.0. The van der Waals surface area contributed by atoms with Crippen LogP contribution in [0.2, 0.25) is 0 Å². The molecule has 2 rings (SSSR count). The van der Waals surface area contributed by atoms with Crippen LogP contribution in [0.25, 0.3) is 0 Å². The molecule has 104 valence electrons. The Kier molecular flexibility index (Phi) is 4.19. The molecule has 1 atom stereocenters. The van der Waals surface area contributed by atoms with E-state index in [1.807, 2.05) is 0 Å². The number of hydrogen-bond acceptors (Lipinski definition) is 4. The fourth-order valence-electron chi connectivity index (χ4n) is 2.28. The zero-order valence-corrected chi connectivity index (χ0v) is 11.3. The number of nitrogens with one attached hydrogen (secondary N) is 1. The first-order valence-corrected chi connectivity index (χ1v) is 6.55. The van der Waals surface area contributed by atoms with Gasteiger partial charge >= 0.3 is 0 Å². The first-order valence-electron chi connectivity index (χ1n) is 6.55. The molecule has 1 fully saturated rings. The molecule has 0 aliphatic carbocycles. The summed E-state index contributed by atoms with van der Waals surface area (Å²) in [6.45, 7) is 5.36. The minimum absolute atomic E-state index is 0.121. The fraction of sp³-hybridized carbons (Fsp3) is 0.615. The van der Waals surface area contributed by atoms with Gasteiger partial charge in [-0.1, -0.05) is 12.1 Å². The van der Waals surface area contributed by atoms with Crippen molar-refractivity contribution in [3.8, 4) is 0 Å². The lowest BCUT2D eigenvalue weighted by molar-refractivity contribution is -0.136. The topological polar surface area (TPSA) is 75.4 Å². The van der Waals surface area contributed by atoms with Crippen molar-refractivity contribution in [3.63, 3.8) is 0 Å². The third-order valence-electron chi connectivity index (χ3n) is 3.22. The van der Waals surface area contributed by atoms with Gasteiger partial charge in [-0.3, -0.25) is 9.59 Å². The van der Waals surface area contributed by atoms with E-state index in [4.69, 9.17) is 4.52 Å². The lowest BCUT2D eigenvalue weighted by Crippen LogP contribution is -2.40. The number of likely N-dealkylation sites (tertiary alicyclic amines) is 1. The van der Waals surface area contributed by atoms with Gasteiger partial charge in [-0.15, -0.1) is 0 Å². The van der Waals surface area contributed by atoms with E-state index in [2.05, 4.69) is 17.4 Å². The summed E-state index contributed by atoms with van der Waals surface area (Å²) in [7, 11) is 0. The normalized spacial score (nSPS) is 19.3. The lowest BCUT2D eigenvalue weighted by atomic mass is 10.00. The first kappa shape index (κ1) is 13.6. The summed E-state index contributed by atoms with van der Waals surface area (Å²) < 4.78 is 4.84. The molecule has 1 saturated heterocycles. The largest absolute Gasteiger partial charge is 0.360 e. The van der Waals surface area contributed by atoms with Gasteiger partial charge in [0.25, 0.3) is 0 Å². The Morgan fingerprint density at radius 3 is 3.00 bits per heavy atom. The quantitative estimate of drug-likeness (QED) is 0.842. The molecule has 0 aromatic carbocycles. The summed E-state index contributed by atoms with van der Waals surface area (Å²) in [4.78, 5) is 25.5. The van der Waals surface area contributed by atoms with E-state index in [1.54, 1.807) is 17.9 Å². The third kappa shape index (κ3) is 3.81. The first-order chi connectivity index (χ1) is 9.04. The molecule has 19 heavy (non-hydrogen) atoms. The Balaban J connectivity index is 1.83. The van der Waals surface area contributed by atoms with Gasteiger partial charge < -0.3 is 14.7 Å². The standard InChI is InChI=1S/C13H19N3O3/c1-9-4-3-5-16(8-9)13(18)7-12(17)14-11-6-10(2)19-15-11/h6,9H,3-5,7-8H2,1-2H3,(H,14,15,17). The fourth-order valence-corrected chi connectivity index (χ4v) is 2.28. The number of aryl methyl sites for hydroxylation is 1. The summed E-state index contributed by atoms with van der Waals surface area (Å²) in [5.41, 5.74) is 0. The molecule has 6 heteroatoms. The van der Waals surface area contributed by atoms with Crippen LogP contribution in [0.3, 0.4) is 0 Å². The van der Waals surface area contributed by atoms with Crippen LogP contribution in [-0.2, 0) is 9.59 Å². The van der Waals surface area contributed by atoms with Crippen molar-refractivity contribution in [2.24, 2.45) is 5.92 Å². The number of rotatable bonds is 3. The van der Waals surface area contributed by atoms with E-state index in [0.29, 0.717) is 17.5 Å². The molecule has 0 spiro atoms. The van der Waals surface area contributed by atoms with Gasteiger partial charge in [0, 0.05) is 19.2 Å². The number of nitrogens with zero attached hydrogens (tertiary/aromatic N) is 2. The Morgan fingerprint density at radius 1 is 1.58 bits per heavy atom. The second-order valence-corrected chi connectivity index (χ2v) is 5.13. The van der Waals surface area contributed by atoms with Crippen molar-refractivity contribution in [2.45, 2.75) is 33.1 Å². The monoisotopic (exact) mass is 265 g/mol. The SMILES string of the molecule is Cc1cc(NC(=O)CC(=O)N2CCCC(C)C2)no1. The third-order valence-corrected chi connectivity index (χ3v) is 3.22.